The first-order chi connectivity index (χ1) is 15.6. The number of rotatable bonds is 8. The largest absolute Gasteiger partial charge is 0.332 e. The van der Waals surface area contributed by atoms with Gasteiger partial charge in [0.25, 0.3) is 11.8 Å². The average Bonchev–Trinajstić information content (AvgIpc) is 3.11. The number of anilines is 1. The summed E-state index contributed by atoms with van der Waals surface area (Å²) in [7, 11) is 3.84. The molecule has 0 radical (unpaired) electrons. The Bertz CT molecular complexity index is 1150. The van der Waals surface area contributed by atoms with E-state index in [0.717, 1.165) is 34.6 Å². The van der Waals surface area contributed by atoms with Gasteiger partial charge in [0.05, 0.1) is 20.5 Å². The topological polar surface area (TPSA) is 52.7 Å². The Morgan fingerprint density at radius 1 is 1.00 bits per heavy atom. The fraction of sp³-hybridized carbons (Fsp3) is 0.250. The normalized spacial score (nSPS) is 11.0. The molecule has 0 aliphatic rings. The van der Waals surface area contributed by atoms with Crippen molar-refractivity contribution in [1.82, 2.24) is 9.80 Å². The maximum Gasteiger partial charge on any atom is 0.264 e. The smallest absolute Gasteiger partial charge is 0.264 e. The van der Waals surface area contributed by atoms with Crippen molar-refractivity contribution in [3.63, 3.8) is 0 Å². The van der Waals surface area contributed by atoms with E-state index in [0.29, 0.717) is 29.5 Å². The second-order valence-electron chi connectivity index (χ2n) is 7.86. The molecule has 0 atom stereocenters. The molecule has 1 heterocycles. The van der Waals surface area contributed by atoms with Gasteiger partial charge < -0.3 is 15.1 Å². The van der Waals surface area contributed by atoms with Crippen LogP contribution >= 0.6 is 22.9 Å². The summed E-state index contributed by atoms with van der Waals surface area (Å²) in [5.74, 6) is -1.53. The van der Waals surface area contributed by atoms with Crippen LogP contribution in [0.25, 0.3) is 0 Å². The second-order valence-corrected chi connectivity index (χ2v) is 9.32. The number of benzene rings is 2. The van der Waals surface area contributed by atoms with Crippen LogP contribution in [0.3, 0.4) is 0 Å². The van der Waals surface area contributed by atoms with Crippen molar-refractivity contribution < 1.29 is 18.4 Å². The van der Waals surface area contributed by atoms with Crippen LogP contribution in [-0.4, -0.2) is 48.8 Å². The van der Waals surface area contributed by atoms with E-state index >= 15 is 0 Å². The molecule has 0 bridgehead atoms. The van der Waals surface area contributed by atoms with E-state index in [-0.39, 0.29) is 22.3 Å². The van der Waals surface area contributed by atoms with Crippen molar-refractivity contribution in [2.45, 2.75) is 13.5 Å². The highest BCUT2D eigenvalue weighted by Crippen LogP contribution is 2.29. The van der Waals surface area contributed by atoms with Crippen molar-refractivity contribution in [3.8, 4) is 0 Å². The molecular weight excluding hydrogens is 468 g/mol. The molecule has 0 aliphatic heterocycles. The quantitative estimate of drug-likeness (QED) is 0.456. The number of nitrogens with zero attached hydrogens (tertiary/aromatic N) is 2. The zero-order chi connectivity index (χ0) is 24.1. The van der Waals surface area contributed by atoms with Crippen LogP contribution in [0.2, 0.25) is 5.02 Å². The Hall–Kier alpha value is -2.81. The van der Waals surface area contributed by atoms with Crippen LogP contribution in [0.4, 0.5) is 13.8 Å². The lowest BCUT2D eigenvalue weighted by Gasteiger charge is -2.24. The third-order valence-electron chi connectivity index (χ3n) is 4.92. The number of amides is 2. The molecule has 3 rings (SSSR count). The van der Waals surface area contributed by atoms with E-state index in [2.05, 4.69) is 5.32 Å². The molecule has 0 spiro atoms. The number of carbonyl (C=O) groups excluding carboxylic acids is 2. The van der Waals surface area contributed by atoms with Gasteiger partial charge in [-0.2, -0.15) is 0 Å². The van der Waals surface area contributed by atoms with Gasteiger partial charge in [-0.05, 0) is 68.5 Å². The molecule has 2 aromatic carbocycles. The number of carbonyl (C=O) groups is 2. The number of nitrogens with one attached hydrogen (secondary N) is 1. The number of thiophene rings is 1. The summed E-state index contributed by atoms with van der Waals surface area (Å²) < 4.78 is 26.6. The van der Waals surface area contributed by atoms with Gasteiger partial charge in [0.15, 0.2) is 0 Å². The molecule has 0 aliphatic carbocycles. The highest BCUT2D eigenvalue weighted by molar-refractivity contribution is 7.18. The van der Waals surface area contributed by atoms with Crippen molar-refractivity contribution in [2.24, 2.45) is 0 Å². The summed E-state index contributed by atoms with van der Waals surface area (Å²) in [6, 6.07) is 11.3. The first-order valence-corrected chi connectivity index (χ1v) is 11.4. The van der Waals surface area contributed by atoms with E-state index in [9.17, 15) is 18.4 Å². The standard InChI is InChI=1S/C24H24ClF2N3O2S/c1-15-12-21(28-23(31)19-9-8-18(27)13-20(19)25)33-22(15)24(32)30(11-10-29(2)3)14-16-4-6-17(26)7-5-16/h4-9,12-13H,10-11,14H2,1-3H3,(H,28,31). The minimum absolute atomic E-state index is 0.00577. The van der Waals surface area contributed by atoms with Gasteiger partial charge >= 0.3 is 0 Å². The van der Waals surface area contributed by atoms with Crippen LogP contribution < -0.4 is 5.32 Å². The summed E-state index contributed by atoms with van der Waals surface area (Å²) in [6.45, 7) is 3.26. The third kappa shape index (κ3) is 6.60. The molecule has 0 fully saturated rings. The summed E-state index contributed by atoms with van der Waals surface area (Å²) in [4.78, 5) is 30.1. The van der Waals surface area contributed by atoms with Crippen molar-refractivity contribution in [3.05, 3.63) is 86.8 Å². The fourth-order valence-electron chi connectivity index (χ4n) is 3.14. The molecule has 3 aromatic rings. The number of hydrogen-bond donors (Lipinski definition) is 1. The van der Waals surface area contributed by atoms with Gasteiger partial charge in [-0.15, -0.1) is 11.3 Å². The highest BCUT2D eigenvalue weighted by Gasteiger charge is 2.22. The molecule has 9 heteroatoms. The van der Waals surface area contributed by atoms with Gasteiger partial charge in [0, 0.05) is 19.6 Å². The van der Waals surface area contributed by atoms with Crippen molar-refractivity contribution >= 4 is 39.8 Å². The maximum absolute atomic E-state index is 13.4. The highest BCUT2D eigenvalue weighted by atomic mass is 35.5. The van der Waals surface area contributed by atoms with Crippen LogP contribution in [0, 0.1) is 18.6 Å². The monoisotopic (exact) mass is 491 g/mol. The Balaban J connectivity index is 1.79. The average molecular weight is 492 g/mol. The van der Waals surface area contributed by atoms with Gasteiger partial charge in [-0.3, -0.25) is 9.59 Å². The molecule has 0 saturated heterocycles. The second kappa shape index (κ2) is 10.9. The first-order valence-electron chi connectivity index (χ1n) is 10.2. The van der Waals surface area contributed by atoms with E-state index in [4.69, 9.17) is 11.6 Å². The SMILES string of the molecule is Cc1cc(NC(=O)c2ccc(F)cc2Cl)sc1C(=O)N(CCN(C)C)Cc1ccc(F)cc1. The molecule has 1 aromatic heterocycles. The number of halogens is 3. The lowest BCUT2D eigenvalue weighted by molar-refractivity contribution is 0.0736. The molecule has 0 saturated carbocycles. The van der Waals surface area contributed by atoms with E-state index < -0.39 is 11.7 Å². The molecule has 0 unspecified atom stereocenters. The summed E-state index contributed by atoms with van der Waals surface area (Å²) >= 11 is 7.14. The molecule has 174 valence electrons. The predicted octanol–water partition coefficient (Wildman–Crippen LogP) is 5.44. The van der Waals surface area contributed by atoms with Crippen LogP contribution in [-0.2, 0) is 6.54 Å². The van der Waals surface area contributed by atoms with Crippen molar-refractivity contribution in [1.29, 1.82) is 0 Å². The lowest BCUT2D eigenvalue weighted by atomic mass is 10.2. The van der Waals surface area contributed by atoms with E-state index in [1.807, 2.05) is 19.0 Å². The van der Waals surface area contributed by atoms with Gasteiger partial charge in [0.2, 0.25) is 0 Å². The van der Waals surface area contributed by atoms with Gasteiger partial charge in [0.1, 0.15) is 11.6 Å². The Morgan fingerprint density at radius 2 is 1.67 bits per heavy atom. The predicted molar refractivity (Wildman–Crippen MR) is 128 cm³/mol. The van der Waals surface area contributed by atoms with E-state index in [1.165, 1.54) is 18.2 Å². The Morgan fingerprint density at radius 3 is 2.30 bits per heavy atom. The summed E-state index contributed by atoms with van der Waals surface area (Å²) in [6.07, 6.45) is 0. The van der Waals surface area contributed by atoms with Crippen LogP contribution in [0.5, 0.6) is 0 Å². The minimum atomic E-state index is -0.532. The van der Waals surface area contributed by atoms with Gasteiger partial charge in [-0.25, -0.2) is 8.78 Å². The molecule has 1 N–H and O–H groups in total. The number of hydrogen-bond acceptors (Lipinski definition) is 4. The lowest BCUT2D eigenvalue weighted by Crippen LogP contribution is -2.36. The maximum atomic E-state index is 13.4. The Kier molecular flexibility index (Phi) is 8.18. The molecular formula is C24H24ClF2N3O2S. The zero-order valence-electron chi connectivity index (χ0n) is 18.5. The number of aryl methyl sites for hydroxylation is 1. The van der Waals surface area contributed by atoms with Crippen molar-refractivity contribution in [2.75, 3.05) is 32.5 Å². The zero-order valence-corrected chi connectivity index (χ0v) is 20.1. The van der Waals surface area contributed by atoms with E-state index in [1.54, 1.807) is 30.0 Å². The fourth-order valence-corrected chi connectivity index (χ4v) is 4.42. The van der Waals surface area contributed by atoms with Crippen LogP contribution in [0.1, 0.15) is 31.2 Å². The van der Waals surface area contributed by atoms with Gasteiger partial charge in [-0.1, -0.05) is 23.7 Å². The molecule has 2 amide bonds. The molecule has 33 heavy (non-hydrogen) atoms. The summed E-state index contributed by atoms with van der Waals surface area (Å²) in [5.41, 5.74) is 1.68. The first kappa shape index (κ1) is 24.8. The minimum Gasteiger partial charge on any atom is -0.332 e. The summed E-state index contributed by atoms with van der Waals surface area (Å²) in [5, 5.41) is 3.22. The molecule has 5 nitrogen and oxygen atoms in total. The Labute approximate surface area is 200 Å². The van der Waals surface area contributed by atoms with Crippen LogP contribution in [0.15, 0.2) is 48.5 Å². The number of likely N-dealkylation sites (N-methyl/N-ethyl adjacent to an activating group) is 1. The third-order valence-corrected chi connectivity index (χ3v) is 6.37.